The van der Waals surface area contributed by atoms with Crippen molar-refractivity contribution in [3.8, 4) is 5.75 Å². The maximum absolute atomic E-state index is 13.3. The van der Waals surface area contributed by atoms with Gasteiger partial charge in [-0.1, -0.05) is 62.2 Å². The Morgan fingerprint density at radius 2 is 1.64 bits per heavy atom. The smallest absolute Gasteiger partial charge is 0.335 e. The first-order chi connectivity index (χ1) is 15.8. The molecular formula is C25H18Br2N2O4. The van der Waals surface area contributed by atoms with Gasteiger partial charge < -0.3 is 4.74 Å². The van der Waals surface area contributed by atoms with Crippen molar-refractivity contribution in [3.05, 3.63) is 97.9 Å². The average molecular weight is 570 g/mol. The molecule has 0 atom stereocenters. The van der Waals surface area contributed by atoms with E-state index in [1.807, 2.05) is 36.4 Å². The number of ether oxygens (including phenoxy) is 1. The van der Waals surface area contributed by atoms with Gasteiger partial charge in [-0.2, -0.15) is 0 Å². The molecule has 3 aromatic rings. The number of barbiturate groups is 1. The normalized spacial score (nSPS) is 15.1. The highest BCUT2D eigenvalue weighted by Gasteiger charge is 2.37. The fraction of sp³-hybridized carbons (Fsp3) is 0.0800. The fourth-order valence-corrected chi connectivity index (χ4v) is 4.25. The van der Waals surface area contributed by atoms with Gasteiger partial charge in [-0.25, -0.2) is 9.69 Å². The summed E-state index contributed by atoms with van der Waals surface area (Å²) in [5, 5.41) is 2.26. The summed E-state index contributed by atoms with van der Waals surface area (Å²) in [5.74, 6) is -0.966. The highest BCUT2D eigenvalue weighted by Crippen LogP contribution is 2.30. The van der Waals surface area contributed by atoms with Gasteiger partial charge in [-0.3, -0.25) is 14.9 Å². The molecule has 1 aliphatic rings. The van der Waals surface area contributed by atoms with Gasteiger partial charge in [0.15, 0.2) is 0 Å². The molecule has 8 heteroatoms. The first kappa shape index (κ1) is 22.9. The molecule has 0 radical (unpaired) electrons. The number of hydrogen-bond acceptors (Lipinski definition) is 4. The second-order valence-electron chi connectivity index (χ2n) is 7.35. The Morgan fingerprint density at radius 3 is 2.36 bits per heavy atom. The number of benzene rings is 3. The zero-order valence-corrected chi connectivity index (χ0v) is 20.6. The van der Waals surface area contributed by atoms with Crippen LogP contribution in [-0.4, -0.2) is 17.8 Å². The lowest BCUT2D eigenvalue weighted by Crippen LogP contribution is -2.54. The Morgan fingerprint density at radius 1 is 0.939 bits per heavy atom. The van der Waals surface area contributed by atoms with E-state index in [2.05, 4.69) is 37.2 Å². The van der Waals surface area contributed by atoms with Crippen molar-refractivity contribution in [3.63, 3.8) is 0 Å². The molecule has 0 unspecified atom stereocenters. The maximum atomic E-state index is 13.3. The SMILES string of the molecule is Cc1cc(Br)ccc1N1C(=O)NC(=O)/C(=C/c2cc(Br)ccc2OCc2ccccc2)C1=O. The number of urea groups is 1. The van der Waals surface area contributed by atoms with Crippen molar-refractivity contribution < 1.29 is 19.1 Å². The predicted molar refractivity (Wildman–Crippen MR) is 133 cm³/mol. The fourth-order valence-electron chi connectivity index (χ4n) is 3.40. The van der Waals surface area contributed by atoms with E-state index in [1.54, 1.807) is 37.3 Å². The number of rotatable bonds is 5. The van der Waals surface area contributed by atoms with Crippen molar-refractivity contribution in [1.82, 2.24) is 5.32 Å². The molecule has 0 spiro atoms. The lowest BCUT2D eigenvalue weighted by atomic mass is 10.0. The van der Waals surface area contributed by atoms with Crippen LogP contribution in [0.15, 0.2) is 81.2 Å². The largest absolute Gasteiger partial charge is 0.488 e. The summed E-state index contributed by atoms with van der Waals surface area (Å²) in [7, 11) is 0. The van der Waals surface area contributed by atoms with Crippen LogP contribution in [0.1, 0.15) is 16.7 Å². The number of anilines is 1. The van der Waals surface area contributed by atoms with Crippen LogP contribution in [0.5, 0.6) is 5.75 Å². The monoisotopic (exact) mass is 568 g/mol. The van der Waals surface area contributed by atoms with E-state index in [-0.39, 0.29) is 5.57 Å². The molecule has 1 saturated heterocycles. The summed E-state index contributed by atoms with van der Waals surface area (Å²) >= 11 is 6.80. The van der Waals surface area contributed by atoms with Gasteiger partial charge >= 0.3 is 6.03 Å². The third-order valence-electron chi connectivity index (χ3n) is 5.01. The summed E-state index contributed by atoms with van der Waals surface area (Å²) in [6.45, 7) is 2.10. The van der Waals surface area contributed by atoms with Crippen LogP contribution < -0.4 is 15.0 Å². The number of hydrogen-bond donors (Lipinski definition) is 1. The van der Waals surface area contributed by atoms with Gasteiger partial charge in [0.2, 0.25) is 0 Å². The number of amides is 4. The number of carbonyl (C=O) groups excluding carboxylic acids is 3. The van der Waals surface area contributed by atoms with E-state index in [1.165, 1.54) is 6.08 Å². The molecular weight excluding hydrogens is 552 g/mol. The minimum Gasteiger partial charge on any atom is -0.488 e. The van der Waals surface area contributed by atoms with Gasteiger partial charge in [0.25, 0.3) is 11.8 Å². The molecule has 166 valence electrons. The van der Waals surface area contributed by atoms with E-state index in [9.17, 15) is 14.4 Å². The molecule has 4 amide bonds. The third-order valence-corrected chi connectivity index (χ3v) is 6.00. The number of nitrogens with zero attached hydrogens (tertiary/aromatic N) is 1. The zero-order chi connectivity index (χ0) is 23.5. The lowest BCUT2D eigenvalue weighted by molar-refractivity contribution is -0.122. The highest BCUT2D eigenvalue weighted by atomic mass is 79.9. The van der Waals surface area contributed by atoms with Crippen LogP contribution >= 0.6 is 31.9 Å². The summed E-state index contributed by atoms with van der Waals surface area (Å²) in [5.41, 5.74) is 2.44. The molecule has 0 aromatic heterocycles. The lowest BCUT2D eigenvalue weighted by Gasteiger charge is -2.27. The van der Waals surface area contributed by atoms with Gasteiger partial charge in [0.05, 0.1) is 5.69 Å². The van der Waals surface area contributed by atoms with Crippen LogP contribution in [-0.2, 0) is 16.2 Å². The van der Waals surface area contributed by atoms with Crippen molar-refractivity contribution in [2.24, 2.45) is 0 Å². The molecule has 0 saturated carbocycles. The van der Waals surface area contributed by atoms with Gasteiger partial charge in [-0.05, 0) is 60.5 Å². The number of imide groups is 2. The first-order valence-corrected chi connectivity index (χ1v) is 11.6. The minimum absolute atomic E-state index is 0.167. The van der Waals surface area contributed by atoms with Crippen LogP contribution in [0.2, 0.25) is 0 Å². The van der Waals surface area contributed by atoms with Gasteiger partial charge in [0.1, 0.15) is 17.9 Å². The minimum atomic E-state index is -0.789. The van der Waals surface area contributed by atoms with Gasteiger partial charge in [-0.15, -0.1) is 0 Å². The molecule has 1 N–H and O–H groups in total. The molecule has 1 fully saturated rings. The quantitative estimate of drug-likeness (QED) is 0.313. The number of carbonyl (C=O) groups is 3. The molecule has 0 aliphatic carbocycles. The number of halogens is 2. The highest BCUT2D eigenvalue weighted by molar-refractivity contribution is 9.10. The Balaban J connectivity index is 1.70. The van der Waals surface area contributed by atoms with Crippen LogP contribution in [0.25, 0.3) is 6.08 Å². The van der Waals surface area contributed by atoms with Crippen molar-refractivity contribution >= 4 is 61.5 Å². The van der Waals surface area contributed by atoms with Crippen LogP contribution in [0.4, 0.5) is 10.5 Å². The van der Waals surface area contributed by atoms with E-state index in [4.69, 9.17) is 4.74 Å². The molecule has 0 bridgehead atoms. The predicted octanol–water partition coefficient (Wildman–Crippen LogP) is 5.77. The topological polar surface area (TPSA) is 75.7 Å². The molecule has 6 nitrogen and oxygen atoms in total. The first-order valence-electron chi connectivity index (χ1n) is 9.97. The van der Waals surface area contributed by atoms with Crippen molar-refractivity contribution in [1.29, 1.82) is 0 Å². The van der Waals surface area contributed by atoms with E-state index in [0.29, 0.717) is 29.2 Å². The number of nitrogens with one attached hydrogen (secondary N) is 1. The van der Waals surface area contributed by atoms with Crippen molar-refractivity contribution in [2.75, 3.05) is 4.90 Å². The Labute approximate surface area is 207 Å². The third kappa shape index (κ3) is 5.07. The van der Waals surface area contributed by atoms with Crippen LogP contribution in [0, 0.1) is 6.92 Å². The molecule has 33 heavy (non-hydrogen) atoms. The van der Waals surface area contributed by atoms with Crippen LogP contribution in [0.3, 0.4) is 0 Å². The Kier molecular flexibility index (Phi) is 6.76. The zero-order valence-electron chi connectivity index (χ0n) is 17.5. The molecule has 1 heterocycles. The summed E-state index contributed by atoms with van der Waals surface area (Å²) in [6.07, 6.45) is 1.44. The standard InChI is InChI=1S/C25H18Br2N2O4/c1-15-11-18(26)7-9-21(15)29-24(31)20(23(30)28-25(29)32)13-17-12-19(27)8-10-22(17)33-14-16-5-3-2-4-6-16/h2-13H,14H2,1H3,(H,28,30,32)/b20-13-. The molecule has 4 rings (SSSR count). The Bertz CT molecular complexity index is 1290. The Hall–Kier alpha value is -3.23. The second kappa shape index (κ2) is 9.72. The summed E-state index contributed by atoms with van der Waals surface area (Å²) in [4.78, 5) is 39.4. The van der Waals surface area contributed by atoms with E-state index >= 15 is 0 Å². The van der Waals surface area contributed by atoms with E-state index < -0.39 is 17.8 Å². The average Bonchev–Trinajstić information content (AvgIpc) is 2.78. The summed E-state index contributed by atoms with van der Waals surface area (Å²) in [6, 6.07) is 19.3. The maximum Gasteiger partial charge on any atom is 0.335 e. The molecule has 3 aromatic carbocycles. The van der Waals surface area contributed by atoms with Crippen molar-refractivity contribution in [2.45, 2.75) is 13.5 Å². The van der Waals surface area contributed by atoms with Gasteiger partial charge in [0, 0.05) is 14.5 Å². The second-order valence-corrected chi connectivity index (χ2v) is 9.18. The number of aryl methyl sites for hydroxylation is 1. The van der Waals surface area contributed by atoms with E-state index in [0.717, 1.165) is 19.4 Å². The summed E-state index contributed by atoms with van der Waals surface area (Å²) < 4.78 is 7.53. The molecule has 1 aliphatic heterocycles.